The lowest BCUT2D eigenvalue weighted by Gasteiger charge is -2.10. The number of nitrogens with one attached hydrogen (secondary N) is 6. The molecule has 0 radical (unpaired) electrons. The Balaban J connectivity index is 0.000000330. The number of ether oxygens (including phenoxy) is 1. The van der Waals surface area contributed by atoms with Crippen LogP contribution in [0.15, 0.2) is 5.16 Å². The van der Waals surface area contributed by atoms with Crippen LogP contribution in [0.2, 0.25) is 5.28 Å². The van der Waals surface area contributed by atoms with E-state index in [1.807, 2.05) is 54.7 Å². The monoisotopic (exact) mass is 653 g/mol. The Morgan fingerprint density at radius 2 is 0.909 bits per heavy atom. The second-order valence-corrected chi connectivity index (χ2v) is 10.8. The molecule has 0 unspecified atom stereocenters. The Bertz CT molecular complexity index is 1170. The molecule has 0 atom stereocenters. The number of rotatable bonds is 14. The summed E-state index contributed by atoms with van der Waals surface area (Å²) in [5.74, 6) is 3.28. The van der Waals surface area contributed by atoms with Crippen LogP contribution >= 0.6 is 23.4 Å². The Labute approximate surface area is 270 Å². The lowest BCUT2D eigenvalue weighted by Crippen LogP contribution is -2.15. The van der Waals surface area contributed by atoms with Crippen molar-refractivity contribution in [1.82, 2.24) is 44.9 Å². The molecule has 0 aliphatic carbocycles. The first-order chi connectivity index (χ1) is 20.9. The van der Waals surface area contributed by atoms with E-state index in [4.69, 9.17) is 16.3 Å². The van der Waals surface area contributed by atoms with Crippen molar-refractivity contribution in [1.29, 1.82) is 0 Å². The van der Waals surface area contributed by atoms with E-state index >= 15 is 0 Å². The molecule has 0 fully saturated rings. The zero-order valence-electron chi connectivity index (χ0n) is 27.6. The van der Waals surface area contributed by atoms with Crippen molar-refractivity contribution in [3.8, 4) is 6.01 Å². The van der Waals surface area contributed by atoms with E-state index < -0.39 is 0 Å². The summed E-state index contributed by atoms with van der Waals surface area (Å²) in [6, 6.07) is 1.16. The van der Waals surface area contributed by atoms with Gasteiger partial charge >= 0.3 is 6.01 Å². The van der Waals surface area contributed by atoms with Gasteiger partial charge in [-0.15, -0.1) is 0 Å². The second kappa shape index (κ2) is 21.1. The average molecular weight is 654 g/mol. The summed E-state index contributed by atoms with van der Waals surface area (Å²) in [7, 11) is 1.53. The maximum Gasteiger partial charge on any atom is 0.322 e. The minimum Gasteiger partial charge on any atom is -0.467 e. The molecule has 0 aliphatic rings. The predicted octanol–water partition coefficient (Wildman–Crippen LogP) is 4.76. The summed E-state index contributed by atoms with van der Waals surface area (Å²) < 4.78 is 4.98. The molecule has 3 aromatic rings. The summed E-state index contributed by atoms with van der Waals surface area (Å²) in [4.78, 5) is 37.1. The third-order valence-electron chi connectivity index (χ3n) is 4.46. The Hall–Kier alpha value is -3.73. The Kier molecular flexibility index (Phi) is 18.3. The van der Waals surface area contributed by atoms with Crippen LogP contribution in [-0.2, 0) is 0 Å². The molecule has 0 bridgehead atoms. The second-order valence-electron chi connectivity index (χ2n) is 9.68. The van der Waals surface area contributed by atoms with Gasteiger partial charge in [-0.05, 0) is 80.2 Å². The number of anilines is 6. The fraction of sp³-hybridized carbons (Fsp3) is 0.654. The van der Waals surface area contributed by atoms with Crippen molar-refractivity contribution in [3.05, 3.63) is 5.28 Å². The Morgan fingerprint density at radius 3 is 1.32 bits per heavy atom. The first-order valence-corrected chi connectivity index (χ1v) is 16.1. The van der Waals surface area contributed by atoms with Crippen LogP contribution in [-0.4, -0.2) is 96.0 Å². The van der Waals surface area contributed by atoms with Crippen molar-refractivity contribution in [3.63, 3.8) is 0 Å². The number of nitrogens with zero attached hydrogens (tertiary/aromatic N) is 9. The van der Waals surface area contributed by atoms with E-state index in [2.05, 4.69) is 90.6 Å². The highest BCUT2D eigenvalue weighted by atomic mass is 35.5. The van der Waals surface area contributed by atoms with Crippen molar-refractivity contribution in [2.75, 3.05) is 64.9 Å². The fourth-order valence-corrected chi connectivity index (χ4v) is 3.44. The van der Waals surface area contributed by atoms with E-state index in [9.17, 15) is 0 Å². The van der Waals surface area contributed by atoms with Crippen LogP contribution in [0.4, 0.5) is 35.7 Å². The molecule has 0 aliphatic heterocycles. The first-order valence-electron chi connectivity index (χ1n) is 14.5. The molecule has 16 nitrogen and oxygen atoms in total. The summed E-state index contributed by atoms with van der Waals surface area (Å²) in [5, 5.41) is 19.3. The molecule has 3 heterocycles. The van der Waals surface area contributed by atoms with Gasteiger partial charge in [0.15, 0.2) is 5.16 Å². The van der Waals surface area contributed by atoms with Crippen LogP contribution in [0.1, 0.15) is 62.3 Å². The van der Waals surface area contributed by atoms with Gasteiger partial charge in [0.05, 0.1) is 7.11 Å². The highest BCUT2D eigenvalue weighted by molar-refractivity contribution is 7.98. The molecule has 0 saturated heterocycles. The normalized spacial score (nSPS) is 10.3. The molecule has 6 N–H and O–H groups in total. The van der Waals surface area contributed by atoms with Crippen molar-refractivity contribution < 1.29 is 4.74 Å². The smallest absolute Gasteiger partial charge is 0.322 e. The molecule has 0 saturated carbocycles. The van der Waals surface area contributed by atoms with Gasteiger partial charge in [0.25, 0.3) is 0 Å². The highest BCUT2D eigenvalue weighted by Gasteiger charge is 2.08. The number of thioether (sulfide) groups is 1. The van der Waals surface area contributed by atoms with Crippen LogP contribution in [0, 0.1) is 0 Å². The average Bonchev–Trinajstić information content (AvgIpc) is 2.92. The van der Waals surface area contributed by atoms with E-state index in [0.29, 0.717) is 47.7 Å². The molecular weight excluding hydrogens is 606 g/mol. The van der Waals surface area contributed by atoms with Crippen LogP contribution < -0.4 is 36.6 Å². The van der Waals surface area contributed by atoms with Gasteiger partial charge in [-0.2, -0.15) is 44.9 Å². The van der Waals surface area contributed by atoms with E-state index in [1.165, 1.54) is 18.9 Å². The van der Waals surface area contributed by atoms with Gasteiger partial charge in [0.1, 0.15) is 0 Å². The van der Waals surface area contributed by atoms with E-state index in [-0.39, 0.29) is 17.4 Å². The zero-order valence-corrected chi connectivity index (χ0v) is 29.1. The molecule has 3 aromatic heterocycles. The minimum absolute atomic E-state index is 0.194. The van der Waals surface area contributed by atoms with Crippen molar-refractivity contribution >= 4 is 59.1 Å². The number of methoxy groups -OCH3 is 1. The number of hydrogen-bond acceptors (Lipinski definition) is 17. The first kappa shape index (κ1) is 38.3. The molecular formula is C26H48ClN15OS. The van der Waals surface area contributed by atoms with Gasteiger partial charge in [0, 0.05) is 37.8 Å². The van der Waals surface area contributed by atoms with Gasteiger partial charge in [-0.25, -0.2) is 0 Å². The summed E-state index contributed by atoms with van der Waals surface area (Å²) in [5.41, 5.74) is 0. The van der Waals surface area contributed by atoms with E-state index in [0.717, 1.165) is 24.8 Å². The number of hydrogen-bond donors (Lipinski definition) is 6. The van der Waals surface area contributed by atoms with Crippen molar-refractivity contribution in [2.24, 2.45) is 0 Å². The third-order valence-corrected chi connectivity index (χ3v) is 5.18. The summed E-state index contributed by atoms with van der Waals surface area (Å²) >= 11 is 7.23. The zero-order chi connectivity index (χ0) is 33.1. The predicted molar refractivity (Wildman–Crippen MR) is 182 cm³/mol. The maximum atomic E-state index is 5.73. The maximum absolute atomic E-state index is 5.73. The molecule has 0 spiro atoms. The van der Waals surface area contributed by atoms with Gasteiger partial charge in [-0.1, -0.05) is 11.8 Å². The largest absolute Gasteiger partial charge is 0.467 e. The van der Waals surface area contributed by atoms with Crippen LogP contribution in [0.3, 0.4) is 0 Å². The number of aromatic nitrogens is 9. The molecule has 0 aromatic carbocycles. The lowest BCUT2D eigenvalue weighted by molar-refractivity contribution is 0.379. The standard InChI is InChI=1S/C9H17N5O.C9H17N5S.C8H14ClN5/c2*1-5-10-7-12-8(11-6(2)3)14-9(13-7)15-4;1-4-10-7-12-6(9)13-8(14-7)11-5(2)3/h2*6H,5H2,1-4H3,(H2,10,11,12,13,14);5H,4H2,1-3H3,(H2,10,11,12,13,14). The molecule has 18 heteroatoms. The molecule has 0 amide bonds. The summed E-state index contributed by atoms with van der Waals surface area (Å²) in [6.07, 6.45) is 1.95. The quantitative estimate of drug-likeness (QED) is 0.130. The number of halogens is 1. The van der Waals surface area contributed by atoms with Crippen LogP contribution in [0.25, 0.3) is 0 Å². The van der Waals surface area contributed by atoms with Crippen LogP contribution in [0.5, 0.6) is 6.01 Å². The van der Waals surface area contributed by atoms with Gasteiger partial charge < -0.3 is 36.6 Å². The SMILES string of the molecule is CCNc1nc(Cl)nc(NC(C)C)n1.CCNc1nc(NC(C)C)nc(OC)n1.CCNc1nc(NC(C)C)nc(SC)n1. The van der Waals surface area contributed by atoms with E-state index in [1.54, 1.807) is 0 Å². The molecule has 246 valence electrons. The molecule has 3 rings (SSSR count). The lowest BCUT2D eigenvalue weighted by atomic mass is 10.4. The van der Waals surface area contributed by atoms with Gasteiger partial charge in [0.2, 0.25) is 41.0 Å². The molecule has 44 heavy (non-hydrogen) atoms. The minimum atomic E-state index is 0.194. The topological polar surface area (TPSA) is 197 Å². The third kappa shape index (κ3) is 16.2. The van der Waals surface area contributed by atoms with Gasteiger partial charge in [-0.3, -0.25) is 0 Å². The summed E-state index contributed by atoms with van der Waals surface area (Å²) in [6.45, 7) is 20.4. The fourth-order valence-electron chi connectivity index (χ4n) is 2.93. The Morgan fingerprint density at radius 1 is 0.568 bits per heavy atom. The highest BCUT2D eigenvalue weighted by Crippen LogP contribution is 2.14. The van der Waals surface area contributed by atoms with Crippen molar-refractivity contribution in [2.45, 2.75) is 85.6 Å².